The molecule has 1 heterocycles. The normalized spacial score (nSPS) is 10.7. The average Bonchev–Trinajstić information content (AvgIpc) is 2.79. The van der Waals surface area contributed by atoms with Crippen molar-refractivity contribution in [1.82, 2.24) is 15.2 Å². The van der Waals surface area contributed by atoms with Gasteiger partial charge in [0.1, 0.15) is 11.4 Å². The molecule has 0 radical (unpaired) electrons. The molecule has 6 heteroatoms. The van der Waals surface area contributed by atoms with Gasteiger partial charge in [0, 0.05) is 29.0 Å². The van der Waals surface area contributed by atoms with Crippen LogP contribution in [-0.2, 0) is 4.79 Å². The van der Waals surface area contributed by atoms with E-state index in [1.54, 1.807) is 0 Å². The summed E-state index contributed by atoms with van der Waals surface area (Å²) >= 11 is 1.43. The summed E-state index contributed by atoms with van der Waals surface area (Å²) in [6, 6.07) is 25.9. The summed E-state index contributed by atoms with van der Waals surface area (Å²) in [4.78, 5) is 17.2. The first kappa shape index (κ1) is 21.7. The molecule has 1 amide bonds. The van der Waals surface area contributed by atoms with E-state index in [1.165, 1.54) is 11.8 Å². The molecule has 0 aliphatic carbocycles. The van der Waals surface area contributed by atoms with Crippen LogP contribution >= 0.6 is 11.8 Å². The lowest BCUT2D eigenvalue weighted by atomic mass is 10.0. The number of carbonyl (C=O) groups is 1. The maximum absolute atomic E-state index is 12.4. The van der Waals surface area contributed by atoms with Crippen molar-refractivity contribution in [3.63, 3.8) is 0 Å². The van der Waals surface area contributed by atoms with Crippen LogP contribution in [0.1, 0.15) is 17.5 Å². The summed E-state index contributed by atoms with van der Waals surface area (Å²) in [7, 11) is 0. The lowest BCUT2D eigenvalue weighted by Gasteiger charge is -2.10. The standard InChI is InChI=1S/C26H24N4OS/c1-18-15-19(2)17-22(16-18)27-23(31)13-14-32-26-28-24(20-9-5-3-6-10-20)25(29-30-26)21-11-7-4-8-12-21/h3-12,15-17H,13-14H2,1-2H3,(H,27,31). The smallest absolute Gasteiger partial charge is 0.225 e. The van der Waals surface area contributed by atoms with Gasteiger partial charge in [-0.3, -0.25) is 4.79 Å². The number of carbonyl (C=O) groups excluding carboxylic acids is 1. The van der Waals surface area contributed by atoms with Gasteiger partial charge in [0.2, 0.25) is 11.1 Å². The van der Waals surface area contributed by atoms with Gasteiger partial charge in [-0.05, 0) is 37.1 Å². The van der Waals surface area contributed by atoms with Crippen LogP contribution in [-0.4, -0.2) is 26.8 Å². The Balaban J connectivity index is 1.46. The minimum Gasteiger partial charge on any atom is -0.326 e. The zero-order valence-corrected chi connectivity index (χ0v) is 18.9. The molecule has 1 N–H and O–H groups in total. The molecule has 32 heavy (non-hydrogen) atoms. The Bertz CT molecular complexity index is 1190. The van der Waals surface area contributed by atoms with Crippen LogP contribution in [0.3, 0.4) is 0 Å². The van der Waals surface area contributed by atoms with Gasteiger partial charge < -0.3 is 5.32 Å². The van der Waals surface area contributed by atoms with Gasteiger partial charge in [-0.2, -0.15) is 0 Å². The number of hydrogen-bond donors (Lipinski definition) is 1. The van der Waals surface area contributed by atoms with E-state index >= 15 is 0 Å². The second-order valence-corrected chi connectivity index (χ2v) is 8.61. The molecular formula is C26H24N4OS. The predicted molar refractivity (Wildman–Crippen MR) is 131 cm³/mol. The maximum Gasteiger partial charge on any atom is 0.225 e. The summed E-state index contributed by atoms with van der Waals surface area (Å²) in [6.07, 6.45) is 0.363. The Morgan fingerprint density at radius 3 is 2.03 bits per heavy atom. The predicted octanol–water partition coefficient (Wildman–Crippen LogP) is 5.94. The molecule has 0 saturated carbocycles. The number of nitrogens with zero attached hydrogens (tertiary/aromatic N) is 3. The zero-order chi connectivity index (χ0) is 22.3. The number of aryl methyl sites for hydroxylation is 2. The second-order valence-electron chi connectivity index (χ2n) is 7.55. The molecule has 4 rings (SSSR count). The Morgan fingerprint density at radius 2 is 1.41 bits per heavy atom. The summed E-state index contributed by atoms with van der Waals surface area (Å²) in [5.41, 5.74) is 6.56. The number of amides is 1. The highest BCUT2D eigenvalue weighted by Crippen LogP contribution is 2.29. The van der Waals surface area contributed by atoms with Crippen LogP contribution < -0.4 is 5.32 Å². The minimum absolute atomic E-state index is 0.0281. The maximum atomic E-state index is 12.4. The molecule has 0 saturated heterocycles. The van der Waals surface area contributed by atoms with Gasteiger partial charge in [0.25, 0.3) is 0 Å². The van der Waals surface area contributed by atoms with E-state index in [2.05, 4.69) is 21.6 Å². The van der Waals surface area contributed by atoms with Crippen LogP contribution in [0.4, 0.5) is 5.69 Å². The number of rotatable bonds is 7. The van der Waals surface area contributed by atoms with Crippen molar-refractivity contribution < 1.29 is 4.79 Å². The highest BCUT2D eigenvalue weighted by molar-refractivity contribution is 7.99. The van der Waals surface area contributed by atoms with Gasteiger partial charge in [0.15, 0.2) is 0 Å². The molecule has 0 atom stereocenters. The molecule has 0 fully saturated rings. The van der Waals surface area contributed by atoms with E-state index in [-0.39, 0.29) is 5.91 Å². The molecule has 4 aromatic rings. The van der Waals surface area contributed by atoms with Crippen molar-refractivity contribution in [2.24, 2.45) is 0 Å². The number of hydrogen-bond acceptors (Lipinski definition) is 5. The van der Waals surface area contributed by atoms with Crippen molar-refractivity contribution >= 4 is 23.4 Å². The van der Waals surface area contributed by atoms with Crippen LogP contribution in [0.5, 0.6) is 0 Å². The van der Waals surface area contributed by atoms with Gasteiger partial charge >= 0.3 is 0 Å². The van der Waals surface area contributed by atoms with Gasteiger partial charge in [0.05, 0.1) is 0 Å². The van der Waals surface area contributed by atoms with Crippen molar-refractivity contribution in [3.05, 3.63) is 90.0 Å². The van der Waals surface area contributed by atoms with E-state index < -0.39 is 0 Å². The van der Waals surface area contributed by atoms with Gasteiger partial charge in [-0.1, -0.05) is 78.5 Å². The van der Waals surface area contributed by atoms with E-state index in [0.717, 1.165) is 39.3 Å². The first-order chi connectivity index (χ1) is 15.6. The quantitative estimate of drug-likeness (QED) is 0.360. The fourth-order valence-electron chi connectivity index (χ4n) is 3.47. The molecule has 160 valence electrons. The Morgan fingerprint density at radius 1 is 0.812 bits per heavy atom. The van der Waals surface area contributed by atoms with Crippen LogP contribution in [0, 0.1) is 13.8 Å². The fourth-order valence-corrected chi connectivity index (χ4v) is 4.19. The Kier molecular flexibility index (Phi) is 6.92. The summed E-state index contributed by atoms with van der Waals surface area (Å²) in [5, 5.41) is 12.3. The largest absolute Gasteiger partial charge is 0.326 e. The molecule has 0 bridgehead atoms. The van der Waals surface area contributed by atoms with Crippen molar-refractivity contribution in [1.29, 1.82) is 0 Å². The second kappa shape index (κ2) is 10.2. The molecule has 1 aromatic heterocycles. The molecule has 0 aliphatic rings. The average molecular weight is 441 g/mol. The van der Waals surface area contributed by atoms with Crippen LogP contribution in [0.15, 0.2) is 84.0 Å². The molecule has 0 aliphatic heterocycles. The summed E-state index contributed by atoms with van der Waals surface area (Å²) in [6.45, 7) is 4.04. The van der Waals surface area contributed by atoms with Crippen LogP contribution in [0.2, 0.25) is 0 Å². The number of thioether (sulfide) groups is 1. The SMILES string of the molecule is Cc1cc(C)cc(NC(=O)CCSc2nnc(-c3ccccc3)c(-c3ccccc3)n2)c1. The fraction of sp³-hybridized carbons (Fsp3) is 0.154. The molecule has 0 spiro atoms. The van der Waals surface area contributed by atoms with E-state index in [0.29, 0.717) is 17.3 Å². The topological polar surface area (TPSA) is 67.8 Å². The molecule has 0 unspecified atom stereocenters. The molecular weight excluding hydrogens is 416 g/mol. The third-order valence-corrected chi connectivity index (χ3v) is 5.67. The summed E-state index contributed by atoms with van der Waals surface area (Å²) in [5.74, 6) is 0.539. The monoisotopic (exact) mass is 440 g/mol. The third kappa shape index (κ3) is 5.59. The number of benzene rings is 3. The molecule has 3 aromatic carbocycles. The van der Waals surface area contributed by atoms with Gasteiger partial charge in [-0.25, -0.2) is 4.98 Å². The van der Waals surface area contributed by atoms with Crippen molar-refractivity contribution in [2.75, 3.05) is 11.1 Å². The number of aromatic nitrogens is 3. The van der Waals surface area contributed by atoms with E-state index in [4.69, 9.17) is 4.98 Å². The lowest BCUT2D eigenvalue weighted by Crippen LogP contribution is -2.12. The summed E-state index contributed by atoms with van der Waals surface area (Å²) < 4.78 is 0. The van der Waals surface area contributed by atoms with Gasteiger partial charge in [-0.15, -0.1) is 10.2 Å². The molecule has 5 nitrogen and oxygen atoms in total. The zero-order valence-electron chi connectivity index (χ0n) is 18.1. The van der Waals surface area contributed by atoms with Crippen LogP contribution in [0.25, 0.3) is 22.5 Å². The van der Waals surface area contributed by atoms with Crippen molar-refractivity contribution in [3.8, 4) is 22.5 Å². The van der Waals surface area contributed by atoms with E-state index in [1.807, 2.05) is 86.6 Å². The number of anilines is 1. The first-order valence-electron chi connectivity index (χ1n) is 10.4. The first-order valence-corrected chi connectivity index (χ1v) is 11.4. The Hall–Kier alpha value is -3.51. The minimum atomic E-state index is -0.0281. The third-order valence-electron chi connectivity index (χ3n) is 4.83. The number of nitrogens with one attached hydrogen (secondary N) is 1. The highest BCUT2D eigenvalue weighted by Gasteiger charge is 2.14. The van der Waals surface area contributed by atoms with E-state index in [9.17, 15) is 4.79 Å². The Labute approximate surface area is 192 Å². The highest BCUT2D eigenvalue weighted by atomic mass is 32.2. The lowest BCUT2D eigenvalue weighted by molar-refractivity contribution is -0.115. The van der Waals surface area contributed by atoms with Crippen molar-refractivity contribution in [2.45, 2.75) is 25.4 Å².